The highest BCUT2D eigenvalue weighted by atomic mass is 16.5. The van der Waals surface area contributed by atoms with Gasteiger partial charge in [-0.3, -0.25) is 9.69 Å². The van der Waals surface area contributed by atoms with Crippen LogP contribution >= 0.6 is 0 Å². The third kappa shape index (κ3) is 3.58. The number of nitrogens with two attached hydrogens (primary N) is 1. The van der Waals surface area contributed by atoms with Gasteiger partial charge in [0.2, 0.25) is 5.91 Å². The third-order valence-corrected chi connectivity index (χ3v) is 6.32. The lowest BCUT2D eigenvalue weighted by Gasteiger charge is -2.43. The van der Waals surface area contributed by atoms with Crippen LogP contribution in [0.5, 0.6) is 0 Å². The van der Waals surface area contributed by atoms with Crippen molar-refractivity contribution >= 4 is 11.5 Å². The monoisotopic (exact) mass is 356 g/mol. The van der Waals surface area contributed by atoms with Crippen molar-refractivity contribution in [3.63, 3.8) is 0 Å². The van der Waals surface area contributed by atoms with E-state index in [9.17, 15) is 4.79 Å². The minimum Gasteiger partial charge on any atom is -0.381 e. The summed E-state index contributed by atoms with van der Waals surface area (Å²) in [6.07, 6.45) is 7.39. The molecule has 1 saturated heterocycles. The van der Waals surface area contributed by atoms with Gasteiger partial charge in [-0.15, -0.1) is 0 Å². The molecule has 2 aliphatic rings. The number of hydrogen-bond donors (Lipinski definition) is 1. The van der Waals surface area contributed by atoms with Crippen LogP contribution in [0.4, 0.5) is 0 Å². The Balaban J connectivity index is 2.07. The average Bonchev–Trinajstić information content (AvgIpc) is 2.61. The van der Waals surface area contributed by atoms with E-state index < -0.39 is 0 Å². The number of carbonyl (C=O) groups is 1. The summed E-state index contributed by atoms with van der Waals surface area (Å²) in [5.41, 5.74) is 10.2. The van der Waals surface area contributed by atoms with Crippen LogP contribution in [-0.4, -0.2) is 38.1 Å². The summed E-state index contributed by atoms with van der Waals surface area (Å²) in [5, 5.41) is 0. The number of hydrogen-bond acceptors (Lipinski definition) is 3. The first-order chi connectivity index (χ1) is 12.3. The molecule has 0 atom stereocenters. The average molecular weight is 357 g/mol. The van der Waals surface area contributed by atoms with Crippen LogP contribution in [-0.2, 0) is 10.3 Å². The summed E-state index contributed by atoms with van der Waals surface area (Å²) >= 11 is 0. The van der Waals surface area contributed by atoms with Gasteiger partial charge in [-0.25, -0.2) is 0 Å². The maximum atomic E-state index is 12.1. The van der Waals surface area contributed by atoms with E-state index in [1.807, 2.05) is 6.07 Å². The van der Waals surface area contributed by atoms with Crippen molar-refractivity contribution in [2.45, 2.75) is 51.5 Å². The first-order valence-electron chi connectivity index (χ1n) is 9.64. The maximum absolute atomic E-state index is 12.1. The molecule has 1 fully saturated rings. The first-order valence-corrected chi connectivity index (χ1v) is 9.64. The summed E-state index contributed by atoms with van der Waals surface area (Å²) in [4.78, 5) is 14.4. The van der Waals surface area contributed by atoms with Crippen LogP contribution in [0.25, 0.3) is 5.57 Å². The quantitative estimate of drug-likeness (QED) is 0.889. The van der Waals surface area contributed by atoms with Gasteiger partial charge in [0.15, 0.2) is 0 Å². The molecule has 1 heterocycles. The van der Waals surface area contributed by atoms with Gasteiger partial charge in [-0.2, -0.15) is 0 Å². The normalized spacial score (nSPS) is 22.1. The smallest absolute Gasteiger partial charge is 0.249 e. The molecule has 0 spiro atoms. The van der Waals surface area contributed by atoms with Gasteiger partial charge in [0, 0.05) is 24.3 Å². The molecule has 1 amide bonds. The molecular weight excluding hydrogens is 324 g/mol. The summed E-state index contributed by atoms with van der Waals surface area (Å²) in [6, 6.07) is 6.23. The van der Waals surface area contributed by atoms with Crippen LogP contribution in [0.15, 0.2) is 24.3 Å². The molecule has 1 aliphatic heterocycles. The molecule has 1 aromatic rings. The van der Waals surface area contributed by atoms with Crippen molar-refractivity contribution in [2.75, 3.05) is 27.3 Å². The number of primary amides is 1. The molecule has 26 heavy (non-hydrogen) atoms. The number of nitrogens with zero attached hydrogens (tertiary/aromatic N) is 1. The Hall–Kier alpha value is -1.65. The predicted molar refractivity (Wildman–Crippen MR) is 106 cm³/mol. The van der Waals surface area contributed by atoms with Crippen LogP contribution < -0.4 is 5.73 Å². The van der Waals surface area contributed by atoms with Crippen LogP contribution in [0.3, 0.4) is 0 Å². The van der Waals surface area contributed by atoms with Gasteiger partial charge in [-0.1, -0.05) is 26.0 Å². The van der Waals surface area contributed by atoms with E-state index >= 15 is 0 Å². The first kappa shape index (κ1) is 19.1. The molecule has 0 unspecified atom stereocenters. The Morgan fingerprint density at radius 1 is 1.15 bits per heavy atom. The fourth-order valence-corrected chi connectivity index (χ4v) is 4.34. The van der Waals surface area contributed by atoms with Crippen molar-refractivity contribution in [3.8, 4) is 0 Å². The van der Waals surface area contributed by atoms with E-state index in [2.05, 4.69) is 51.1 Å². The zero-order chi connectivity index (χ0) is 18.9. The summed E-state index contributed by atoms with van der Waals surface area (Å²) < 4.78 is 5.62. The SMILES string of the molecule is CN(C)C1(c2ccc(C(N)=O)c(C3=CCC(C)(C)CC3)c2)CCOCC1. The molecule has 0 saturated carbocycles. The van der Waals surface area contributed by atoms with Gasteiger partial charge in [0.1, 0.15) is 0 Å². The second-order valence-corrected chi connectivity index (χ2v) is 8.76. The van der Waals surface area contributed by atoms with Gasteiger partial charge in [-0.05, 0) is 80.4 Å². The lowest BCUT2D eigenvalue weighted by Crippen LogP contribution is -2.46. The highest BCUT2D eigenvalue weighted by Gasteiger charge is 2.37. The zero-order valence-corrected chi connectivity index (χ0v) is 16.6. The van der Waals surface area contributed by atoms with Crippen molar-refractivity contribution in [1.82, 2.24) is 4.90 Å². The zero-order valence-electron chi connectivity index (χ0n) is 16.6. The van der Waals surface area contributed by atoms with Crippen molar-refractivity contribution in [2.24, 2.45) is 11.1 Å². The molecule has 3 rings (SSSR count). The molecular formula is C22H32N2O2. The summed E-state index contributed by atoms with van der Waals surface area (Å²) in [5.74, 6) is -0.344. The Morgan fingerprint density at radius 3 is 2.38 bits per heavy atom. The molecule has 142 valence electrons. The van der Waals surface area contributed by atoms with E-state index in [0.29, 0.717) is 11.0 Å². The van der Waals surface area contributed by atoms with Crippen LogP contribution in [0.2, 0.25) is 0 Å². The number of carbonyl (C=O) groups excluding carboxylic acids is 1. The van der Waals surface area contributed by atoms with E-state index in [4.69, 9.17) is 10.5 Å². The molecule has 2 N–H and O–H groups in total. The van der Waals surface area contributed by atoms with Gasteiger partial charge < -0.3 is 10.5 Å². The van der Waals surface area contributed by atoms with Crippen LogP contribution in [0.1, 0.15) is 67.4 Å². The minimum atomic E-state index is -0.344. The Kier molecular flexibility index (Phi) is 5.27. The number of allylic oxidation sites excluding steroid dienone is 2. The standard InChI is InChI=1S/C22H32N2O2/c1-21(2)9-7-16(8-10-21)19-15-17(5-6-18(19)20(23)25)22(24(3)4)11-13-26-14-12-22/h5-7,15H,8-14H2,1-4H3,(H2,23,25). The molecule has 0 bridgehead atoms. The number of ether oxygens (including phenoxy) is 1. The number of rotatable bonds is 4. The fourth-order valence-electron chi connectivity index (χ4n) is 4.34. The van der Waals surface area contributed by atoms with E-state index in [1.165, 1.54) is 11.1 Å². The predicted octanol–water partition coefficient (Wildman–Crippen LogP) is 3.95. The summed E-state index contributed by atoms with van der Waals surface area (Å²) in [7, 11) is 4.27. The lowest BCUT2D eigenvalue weighted by molar-refractivity contribution is -0.0105. The van der Waals surface area contributed by atoms with E-state index in [0.717, 1.165) is 50.9 Å². The largest absolute Gasteiger partial charge is 0.381 e. The second kappa shape index (κ2) is 7.16. The third-order valence-electron chi connectivity index (χ3n) is 6.32. The molecule has 1 aromatic carbocycles. The molecule has 0 radical (unpaired) electrons. The molecule has 4 nitrogen and oxygen atoms in total. The highest BCUT2D eigenvalue weighted by Crippen LogP contribution is 2.42. The molecule has 0 aromatic heterocycles. The maximum Gasteiger partial charge on any atom is 0.249 e. The number of amides is 1. The van der Waals surface area contributed by atoms with Gasteiger partial charge in [0.25, 0.3) is 0 Å². The van der Waals surface area contributed by atoms with Crippen LogP contribution in [0, 0.1) is 5.41 Å². The van der Waals surface area contributed by atoms with E-state index in [1.54, 1.807) is 0 Å². The fraction of sp³-hybridized carbons (Fsp3) is 0.591. The second-order valence-electron chi connectivity index (χ2n) is 8.76. The minimum absolute atomic E-state index is 0.0440. The topological polar surface area (TPSA) is 55.6 Å². The van der Waals surface area contributed by atoms with Crippen molar-refractivity contribution < 1.29 is 9.53 Å². The Labute approximate surface area is 157 Å². The summed E-state index contributed by atoms with van der Waals surface area (Å²) in [6.45, 7) is 6.13. The van der Waals surface area contributed by atoms with E-state index in [-0.39, 0.29) is 11.4 Å². The molecule has 1 aliphatic carbocycles. The lowest BCUT2D eigenvalue weighted by atomic mass is 9.75. The Morgan fingerprint density at radius 2 is 1.85 bits per heavy atom. The molecule has 4 heteroatoms. The Bertz CT molecular complexity index is 713. The number of benzene rings is 1. The van der Waals surface area contributed by atoms with Gasteiger partial charge in [0.05, 0.1) is 0 Å². The van der Waals surface area contributed by atoms with Crippen molar-refractivity contribution in [1.29, 1.82) is 0 Å². The van der Waals surface area contributed by atoms with Crippen molar-refractivity contribution in [3.05, 3.63) is 41.0 Å². The highest BCUT2D eigenvalue weighted by molar-refractivity contribution is 5.98. The van der Waals surface area contributed by atoms with Gasteiger partial charge >= 0.3 is 0 Å².